The molecule has 1 saturated heterocycles. The van der Waals surface area contributed by atoms with Gasteiger partial charge in [0, 0.05) is 29.1 Å². The van der Waals surface area contributed by atoms with Gasteiger partial charge in [-0.2, -0.15) is 0 Å². The molecule has 1 amide bonds. The zero-order valence-electron chi connectivity index (χ0n) is 16.3. The van der Waals surface area contributed by atoms with Gasteiger partial charge >= 0.3 is 0 Å². The lowest BCUT2D eigenvalue weighted by Gasteiger charge is -2.15. The van der Waals surface area contributed by atoms with E-state index in [-0.39, 0.29) is 5.91 Å². The lowest BCUT2D eigenvalue weighted by molar-refractivity contribution is 0.0948. The molecule has 0 bridgehead atoms. The van der Waals surface area contributed by atoms with E-state index in [1.165, 1.54) is 31.5 Å². The molecule has 0 unspecified atom stereocenters. The Labute approximate surface area is 180 Å². The van der Waals surface area contributed by atoms with E-state index in [9.17, 15) is 4.79 Å². The number of thiazole rings is 1. The second kappa shape index (κ2) is 10.1. The summed E-state index contributed by atoms with van der Waals surface area (Å²) in [4.78, 5) is 20.5. The first kappa shape index (κ1) is 20.1. The highest BCUT2D eigenvalue weighted by Crippen LogP contribution is 2.26. The summed E-state index contributed by atoms with van der Waals surface area (Å²) < 4.78 is 0. The maximum absolute atomic E-state index is 12.8. The van der Waals surface area contributed by atoms with Crippen molar-refractivity contribution in [2.24, 2.45) is 0 Å². The highest BCUT2D eigenvalue weighted by atomic mass is 32.2. The molecule has 29 heavy (non-hydrogen) atoms. The van der Waals surface area contributed by atoms with Gasteiger partial charge in [0.1, 0.15) is 0 Å². The van der Waals surface area contributed by atoms with Crippen LogP contribution in [-0.4, -0.2) is 28.9 Å². The Bertz CT molecular complexity index is 920. The lowest BCUT2D eigenvalue weighted by Crippen LogP contribution is -2.23. The molecule has 3 aromatic rings. The number of nitrogens with zero attached hydrogens (tertiary/aromatic N) is 2. The van der Waals surface area contributed by atoms with Gasteiger partial charge in [-0.15, -0.1) is 23.1 Å². The summed E-state index contributed by atoms with van der Waals surface area (Å²) in [6.07, 6.45) is 2.63. The number of carbonyl (C=O) groups excluding carboxylic acids is 1. The van der Waals surface area contributed by atoms with Crippen molar-refractivity contribution in [2.75, 3.05) is 13.1 Å². The summed E-state index contributed by atoms with van der Waals surface area (Å²) >= 11 is 3.24. The van der Waals surface area contributed by atoms with Crippen LogP contribution in [0.5, 0.6) is 0 Å². The second-order valence-electron chi connectivity index (χ2n) is 7.25. The third kappa shape index (κ3) is 5.69. The topological polar surface area (TPSA) is 45.2 Å². The van der Waals surface area contributed by atoms with Gasteiger partial charge in [-0.3, -0.25) is 9.69 Å². The first-order valence-electron chi connectivity index (χ1n) is 9.95. The molecule has 1 aliphatic heterocycles. The fourth-order valence-corrected chi connectivity index (χ4v) is 5.10. The molecule has 0 saturated carbocycles. The van der Waals surface area contributed by atoms with Crippen LogP contribution >= 0.6 is 23.1 Å². The molecule has 1 N–H and O–H groups in total. The Morgan fingerprint density at radius 1 is 1.07 bits per heavy atom. The average Bonchev–Trinajstić information content (AvgIpc) is 3.46. The predicted octanol–water partition coefficient (Wildman–Crippen LogP) is 4.96. The first-order chi connectivity index (χ1) is 14.3. The van der Waals surface area contributed by atoms with Crippen molar-refractivity contribution in [1.82, 2.24) is 15.2 Å². The molecule has 4 nitrogen and oxygen atoms in total. The zero-order valence-corrected chi connectivity index (χ0v) is 18.0. The third-order valence-electron chi connectivity index (χ3n) is 5.07. The summed E-state index contributed by atoms with van der Waals surface area (Å²) in [7, 11) is 0. The van der Waals surface area contributed by atoms with Crippen LogP contribution in [0.25, 0.3) is 0 Å². The van der Waals surface area contributed by atoms with Gasteiger partial charge < -0.3 is 5.32 Å². The summed E-state index contributed by atoms with van der Waals surface area (Å²) in [5.41, 5.74) is 6.06. The molecule has 6 heteroatoms. The van der Waals surface area contributed by atoms with Crippen molar-refractivity contribution in [3.63, 3.8) is 0 Å². The second-order valence-corrected chi connectivity index (χ2v) is 8.98. The van der Waals surface area contributed by atoms with Crippen molar-refractivity contribution in [3.05, 3.63) is 81.8 Å². The number of rotatable bonds is 8. The molecule has 2 heterocycles. The predicted molar refractivity (Wildman–Crippen MR) is 120 cm³/mol. The first-order valence-corrected chi connectivity index (χ1v) is 11.9. The van der Waals surface area contributed by atoms with Gasteiger partial charge in [0.15, 0.2) is 0 Å². The quantitative estimate of drug-likeness (QED) is 0.520. The molecular formula is C23H25N3OS2. The molecule has 1 aromatic heterocycles. The monoisotopic (exact) mass is 423 g/mol. The smallest absolute Gasteiger partial charge is 0.252 e. The number of likely N-dealkylation sites (tertiary alicyclic amines) is 1. The van der Waals surface area contributed by atoms with Crippen LogP contribution in [0.15, 0.2) is 64.3 Å². The minimum Gasteiger partial charge on any atom is -0.348 e. The number of amides is 1. The number of hydrogen-bond donors (Lipinski definition) is 1. The number of carbonyl (C=O) groups is 1. The number of nitrogens with one attached hydrogen (secondary N) is 1. The maximum atomic E-state index is 12.8. The summed E-state index contributed by atoms with van der Waals surface area (Å²) in [5.74, 6) is 0.735. The minimum atomic E-state index is -0.0347. The molecule has 0 spiro atoms. The van der Waals surface area contributed by atoms with Gasteiger partial charge in [-0.05, 0) is 49.2 Å². The standard InChI is InChI=1S/C23H25N3OS2/c27-23(21-5-1-2-6-22(21)29-16-20-15-28-17-25-20)24-13-18-7-9-19(10-8-18)14-26-11-3-4-12-26/h1-2,5-10,15,17H,3-4,11-14,16H2,(H,24,27). The van der Waals surface area contributed by atoms with E-state index < -0.39 is 0 Å². The van der Waals surface area contributed by atoms with Crippen molar-refractivity contribution < 1.29 is 4.79 Å². The van der Waals surface area contributed by atoms with Crippen LogP contribution in [0.1, 0.15) is 40.0 Å². The van der Waals surface area contributed by atoms with Crippen LogP contribution in [0.4, 0.5) is 0 Å². The van der Waals surface area contributed by atoms with Crippen molar-refractivity contribution in [3.8, 4) is 0 Å². The molecule has 0 atom stereocenters. The average molecular weight is 424 g/mol. The van der Waals surface area contributed by atoms with Gasteiger partial charge in [-0.25, -0.2) is 4.98 Å². The largest absolute Gasteiger partial charge is 0.348 e. The van der Waals surface area contributed by atoms with E-state index in [1.807, 2.05) is 35.2 Å². The van der Waals surface area contributed by atoms with E-state index >= 15 is 0 Å². The SMILES string of the molecule is O=C(NCc1ccc(CN2CCCC2)cc1)c1ccccc1SCc1cscn1. The van der Waals surface area contributed by atoms with Crippen LogP contribution in [0, 0.1) is 0 Å². The fraction of sp³-hybridized carbons (Fsp3) is 0.304. The van der Waals surface area contributed by atoms with Crippen molar-refractivity contribution in [2.45, 2.75) is 36.6 Å². The summed E-state index contributed by atoms with van der Waals surface area (Å²) in [6.45, 7) is 3.97. The molecular weight excluding hydrogens is 398 g/mol. The van der Waals surface area contributed by atoms with Crippen LogP contribution in [-0.2, 0) is 18.8 Å². The number of thioether (sulfide) groups is 1. The van der Waals surface area contributed by atoms with Gasteiger partial charge in [0.25, 0.3) is 5.91 Å². The minimum absolute atomic E-state index is 0.0347. The van der Waals surface area contributed by atoms with Crippen molar-refractivity contribution >= 4 is 29.0 Å². The Kier molecular flexibility index (Phi) is 6.98. The number of hydrogen-bond acceptors (Lipinski definition) is 5. The summed E-state index contributed by atoms with van der Waals surface area (Å²) in [5, 5.41) is 5.11. The third-order valence-corrected chi connectivity index (χ3v) is 6.81. The lowest BCUT2D eigenvalue weighted by atomic mass is 10.1. The Morgan fingerprint density at radius 2 is 1.83 bits per heavy atom. The van der Waals surface area contributed by atoms with E-state index in [1.54, 1.807) is 23.1 Å². The van der Waals surface area contributed by atoms with E-state index in [4.69, 9.17) is 0 Å². The molecule has 0 radical (unpaired) electrons. The highest BCUT2D eigenvalue weighted by Gasteiger charge is 2.13. The van der Waals surface area contributed by atoms with Gasteiger partial charge in [-0.1, -0.05) is 36.4 Å². The molecule has 2 aromatic carbocycles. The van der Waals surface area contributed by atoms with Crippen LogP contribution in [0.2, 0.25) is 0 Å². The fourth-order valence-electron chi connectivity index (χ4n) is 3.48. The van der Waals surface area contributed by atoms with Crippen LogP contribution < -0.4 is 5.32 Å². The number of aromatic nitrogens is 1. The Morgan fingerprint density at radius 3 is 2.59 bits per heavy atom. The van der Waals surface area contributed by atoms with E-state index in [2.05, 4.69) is 39.5 Å². The maximum Gasteiger partial charge on any atom is 0.252 e. The van der Waals surface area contributed by atoms with Crippen LogP contribution in [0.3, 0.4) is 0 Å². The van der Waals surface area contributed by atoms with Gasteiger partial charge in [0.2, 0.25) is 0 Å². The molecule has 1 aliphatic rings. The summed E-state index contributed by atoms with van der Waals surface area (Å²) in [6, 6.07) is 16.4. The zero-order chi connectivity index (χ0) is 19.9. The number of benzene rings is 2. The molecule has 1 fully saturated rings. The van der Waals surface area contributed by atoms with E-state index in [0.717, 1.165) is 34.0 Å². The Balaban J connectivity index is 1.32. The molecule has 150 valence electrons. The van der Waals surface area contributed by atoms with E-state index in [0.29, 0.717) is 6.54 Å². The normalized spacial score (nSPS) is 14.2. The molecule has 4 rings (SSSR count). The Hall–Kier alpha value is -2.15. The van der Waals surface area contributed by atoms with Gasteiger partial charge in [0.05, 0.1) is 16.8 Å². The molecule has 0 aliphatic carbocycles. The van der Waals surface area contributed by atoms with Crippen molar-refractivity contribution in [1.29, 1.82) is 0 Å². The highest BCUT2D eigenvalue weighted by molar-refractivity contribution is 7.98.